The smallest absolute Gasteiger partial charge is 0.315 e. The molecule has 3 aromatic rings. The van der Waals surface area contributed by atoms with Gasteiger partial charge in [-0.15, -0.1) is 0 Å². The highest BCUT2D eigenvalue weighted by Crippen LogP contribution is 2.21. The summed E-state index contributed by atoms with van der Waals surface area (Å²) in [6, 6.07) is 16.8. The Bertz CT molecular complexity index is 910. The number of H-pyrrole nitrogens is 1. The number of amides is 2. The van der Waals surface area contributed by atoms with Gasteiger partial charge in [-0.25, -0.2) is 9.78 Å². The summed E-state index contributed by atoms with van der Waals surface area (Å²) in [5.41, 5.74) is 2.80. The van der Waals surface area contributed by atoms with Crippen molar-refractivity contribution >= 4 is 17.1 Å². The molecule has 1 atom stereocenters. The summed E-state index contributed by atoms with van der Waals surface area (Å²) in [6.45, 7) is 0.303. The van der Waals surface area contributed by atoms with Crippen LogP contribution in [0.4, 0.5) is 4.79 Å². The molecular weight excluding hydrogens is 342 g/mol. The van der Waals surface area contributed by atoms with Crippen LogP contribution in [0.3, 0.4) is 0 Å². The van der Waals surface area contributed by atoms with Crippen molar-refractivity contribution in [1.82, 2.24) is 20.6 Å². The van der Waals surface area contributed by atoms with Gasteiger partial charge in [0.05, 0.1) is 36.7 Å². The molecule has 2 amide bonds. The van der Waals surface area contributed by atoms with E-state index in [2.05, 4.69) is 20.6 Å². The Morgan fingerprint density at radius 1 is 1.26 bits per heavy atom. The number of nitrogens with zero attached hydrogens (tertiary/aromatic N) is 2. The molecular formula is C20H21N5O2. The Morgan fingerprint density at radius 2 is 2.04 bits per heavy atom. The van der Waals surface area contributed by atoms with E-state index in [1.54, 1.807) is 7.11 Å². The predicted molar refractivity (Wildman–Crippen MR) is 102 cm³/mol. The van der Waals surface area contributed by atoms with Crippen molar-refractivity contribution in [3.05, 3.63) is 59.9 Å². The normalized spacial score (nSPS) is 11.6. The van der Waals surface area contributed by atoms with E-state index in [9.17, 15) is 4.79 Å². The van der Waals surface area contributed by atoms with Crippen LogP contribution < -0.4 is 15.4 Å². The minimum absolute atomic E-state index is 0.265. The molecule has 3 N–H and O–H groups in total. The number of aromatic amines is 1. The minimum atomic E-state index is -0.340. The van der Waals surface area contributed by atoms with E-state index in [1.807, 2.05) is 54.6 Å². The Balaban J connectivity index is 1.80. The molecule has 7 heteroatoms. The third kappa shape index (κ3) is 4.76. The number of nitrogens with one attached hydrogen (secondary N) is 3. The molecule has 0 aliphatic carbocycles. The lowest BCUT2D eigenvalue weighted by molar-refractivity contribution is 0.236. The molecule has 138 valence electrons. The topological polar surface area (TPSA) is 103 Å². The van der Waals surface area contributed by atoms with Gasteiger partial charge < -0.3 is 20.4 Å². The molecule has 0 saturated heterocycles. The zero-order valence-electron chi connectivity index (χ0n) is 15.0. The van der Waals surface area contributed by atoms with E-state index in [0.29, 0.717) is 18.8 Å². The number of nitriles is 1. The minimum Gasteiger partial charge on any atom is -0.497 e. The molecule has 0 aliphatic heterocycles. The summed E-state index contributed by atoms with van der Waals surface area (Å²) in [6.07, 6.45) is 0.830. The molecule has 7 nitrogen and oxygen atoms in total. The summed E-state index contributed by atoms with van der Waals surface area (Å²) >= 11 is 0. The van der Waals surface area contributed by atoms with Crippen LogP contribution >= 0.6 is 0 Å². The molecule has 2 aromatic carbocycles. The average Bonchev–Trinajstić information content (AvgIpc) is 3.12. The second-order valence-electron chi connectivity index (χ2n) is 6.05. The highest BCUT2D eigenvalue weighted by Gasteiger charge is 2.19. The monoisotopic (exact) mass is 363 g/mol. The maximum absolute atomic E-state index is 12.2. The average molecular weight is 363 g/mol. The lowest BCUT2D eigenvalue weighted by atomic mass is 10.1. The number of methoxy groups -OCH3 is 1. The number of carbonyl (C=O) groups is 1. The molecule has 0 saturated carbocycles. The van der Waals surface area contributed by atoms with Crippen LogP contribution in [0.5, 0.6) is 5.75 Å². The second kappa shape index (κ2) is 8.72. The van der Waals surface area contributed by atoms with Crippen molar-refractivity contribution in [3.63, 3.8) is 0 Å². The van der Waals surface area contributed by atoms with Gasteiger partial charge in [0.15, 0.2) is 0 Å². The quantitative estimate of drug-likeness (QED) is 0.561. The van der Waals surface area contributed by atoms with Crippen molar-refractivity contribution in [2.24, 2.45) is 0 Å². The zero-order chi connectivity index (χ0) is 19.1. The first-order chi connectivity index (χ1) is 13.2. The Morgan fingerprint density at radius 3 is 2.74 bits per heavy atom. The van der Waals surface area contributed by atoms with Gasteiger partial charge in [-0.1, -0.05) is 24.3 Å². The summed E-state index contributed by atoms with van der Waals surface area (Å²) in [5.74, 6) is 1.46. The lowest BCUT2D eigenvalue weighted by Gasteiger charge is -2.17. The van der Waals surface area contributed by atoms with Gasteiger partial charge >= 0.3 is 6.03 Å². The van der Waals surface area contributed by atoms with E-state index < -0.39 is 0 Å². The fraction of sp³-hybridized carbons (Fsp3) is 0.250. The van der Waals surface area contributed by atoms with Crippen molar-refractivity contribution in [1.29, 1.82) is 5.26 Å². The van der Waals surface area contributed by atoms with E-state index in [4.69, 9.17) is 10.00 Å². The summed E-state index contributed by atoms with van der Waals surface area (Å²) in [4.78, 5) is 20.1. The standard InChI is InChI=1S/C20H21N5O2/c1-27-15-9-7-14(8-10-15)13-18(25-20(26)22-12-4-11-21)19-23-16-5-2-3-6-17(16)24-19/h2-3,5-10,18H,4,12-13H2,1H3,(H,23,24)(H2,22,25,26). The number of imidazole rings is 1. The van der Waals surface area contributed by atoms with Crippen LogP contribution in [0.2, 0.25) is 0 Å². The number of aromatic nitrogens is 2. The molecule has 0 spiro atoms. The molecule has 1 heterocycles. The van der Waals surface area contributed by atoms with Gasteiger partial charge in [-0.2, -0.15) is 5.26 Å². The zero-order valence-corrected chi connectivity index (χ0v) is 15.0. The molecule has 27 heavy (non-hydrogen) atoms. The molecule has 1 aromatic heterocycles. The second-order valence-corrected chi connectivity index (χ2v) is 6.05. The number of carbonyl (C=O) groups excluding carboxylic acids is 1. The van der Waals surface area contributed by atoms with E-state index in [0.717, 1.165) is 22.3 Å². The molecule has 0 bridgehead atoms. The van der Waals surface area contributed by atoms with Crippen LogP contribution in [0.1, 0.15) is 23.9 Å². The van der Waals surface area contributed by atoms with E-state index >= 15 is 0 Å². The Hall–Kier alpha value is -3.53. The predicted octanol–water partition coefficient (Wildman–Crippen LogP) is 3.07. The molecule has 0 aliphatic rings. The van der Waals surface area contributed by atoms with Gasteiger partial charge in [0.2, 0.25) is 0 Å². The number of benzene rings is 2. The van der Waals surface area contributed by atoms with Gasteiger partial charge in [-0.05, 0) is 36.2 Å². The summed E-state index contributed by atoms with van der Waals surface area (Å²) in [7, 11) is 1.62. The number of para-hydroxylation sites is 2. The molecule has 1 unspecified atom stereocenters. The number of hydrogen-bond donors (Lipinski definition) is 3. The van der Waals surface area contributed by atoms with Gasteiger partial charge in [0, 0.05) is 6.54 Å². The van der Waals surface area contributed by atoms with Gasteiger partial charge in [0.1, 0.15) is 11.6 Å². The van der Waals surface area contributed by atoms with Crippen LogP contribution in [-0.4, -0.2) is 29.7 Å². The van der Waals surface area contributed by atoms with E-state index in [-0.39, 0.29) is 18.5 Å². The summed E-state index contributed by atoms with van der Waals surface area (Å²) < 4.78 is 5.19. The number of fused-ring (bicyclic) bond motifs is 1. The molecule has 0 fully saturated rings. The SMILES string of the molecule is COc1ccc(CC(NC(=O)NCCC#N)c2nc3ccccc3[nH]2)cc1. The first kappa shape index (κ1) is 18.3. The van der Waals surface area contributed by atoms with Crippen LogP contribution in [0.15, 0.2) is 48.5 Å². The fourth-order valence-electron chi connectivity index (χ4n) is 2.79. The van der Waals surface area contributed by atoms with Crippen molar-refractivity contribution in [3.8, 4) is 11.8 Å². The highest BCUT2D eigenvalue weighted by molar-refractivity contribution is 5.76. The number of rotatable bonds is 7. The Labute approximate surface area is 157 Å². The van der Waals surface area contributed by atoms with Crippen LogP contribution in [-0.2, 0) is 6.42 Å². The van der Waals surface area contributed by atoms with Gasteiger partial charge in [-0.3, -0.25) is 0 Å². The highest BCUT2D eigenvalue weighted by atomic mass is 16.5. The van der Waals surface area contributed by atoms with Crippen LogP contribution in [0.25, 0.3) is 11.0 Å². The van der Waals surface area contributed by atoms with E-state index in [1.165, 1.54) is 0 Å². The van der Waals surface area contributed by atoms with Crippen molar-refractivity contribution in [2.45, 2.75) is 18.9 Å². The first-order valence-corrected chi connectivity index (χ1v) is 8.68. The molecule has 0 radical (unpaired) electrons. The largest absolute Gasteiger partial charge is 0.497 e. The lowest BCUT2D eigenvalue weighted by Crippen LogP contribution is -2.39. The maximum atomic E-state index is 12.2. The first-order valence-electron chi connectivity index (χ1n) is 8.68. The third-order valence-electron chi connectivity index (χ3n) is 4.16. The Kier molecular flexibility index (Phi) is 5.90. The third-order valence-corrected chi connectivity index (χ3v) is 4.16. The fourth-order valence-corrected chi connectivity index (χ4v) is 2.79. The number of hydrogen-bond acceptors (Lipinski definition) is 4. The van der Waals surface area contributed by atoms with Crippen molar-refractivity contribution < 1.29 is 9.53 Å². The number of ether oxygens (including phenoxy) is 1. The maximum Gasteiger partial charge on any atom is 0.315 e. The molecule has 3 rings (SSSR count). The van der Waals surface area contributed by atoms with Gasteiger partial charge in [0.25, 0.3) is 0 Å². The van der Waals surface area contributed by atoms with Crippen LogP contribution in [0, 0.1) is 11.3 Å². The van der Waals surface area contributed by atoms with Crippen molar-refractivity contribution in [2.75, 3.05) is 13.7 Å². The number of urea groups is 1. The summed E-state index contributed by atoms with van der Waals surface area (Å²) in [5, 5.41) is 14.2.